The molecule has 28 heteroatoms. The van der Waals surface area contributed by atoms with Gasteiger partial charge in [0.1, 0.15) is 18.6 Å². The molecule has 0 saturated carbocycles. The van der Waals surface area contributed by atoms with E-state index in [9.17, 15) is 61.5 Å². The van der Waals surface area contributed by atoms with Crippen molar-refractivity contribution in [3.05, 3.63) is 71.5 Å². The highest BCUT2D eigenvalue weighted by atomic mass is 32.2. The van der Waals surface area contributed by atoms with Gasteiger partial charge in [-0.2, -0.15) is 13.0 Å². The lowest BCUT2D eigenvalue weighted by Gasteiger charge is -2.27. The summed E-state index contributed by atoms with van der Waals surface area (Å²) in [5.41, 5.74) is 3.79. The first-order valence-corrected chi connectivity index (χ1v) is 29.3. The van der Waals surface area contributed by atoms with Gasteiger partial charge in [-0.3, -0.25) is 52.7 Å². The minimum Gasteiger partial charge on any atom is -0.480 e. The van der Waals surface area contributed by atoms with Crippen molar-refractivity contribution < 1.29 is 101 Å². The van der Waals surface area contributed by atoms with E-state index >= 15 is 0 Å². The van der Waals surface area contributed by atoms with E-state index in [1.54, 1.807) is 6.07 Å². The normalized spacial score (nSPS) is 15.6. The number of carboxylic acids is 6. The van der Waals surface area contributed by atoms with Crippen LogP contribution in [0.5, 0.6) is 0 Å². The van der Waals surface area contributed by atoms with Crippen molar-refractivity contribution in [2.45, 2.75) is 150 Å². The van der Waals surface area contributed by atoms with Crippen molar-refractivity contribution >= 4 is 86.9 Å². The van der Waals surface area contributed by atoms with Crippen molar-refractivity contribution in [2.75, 3.05) is 57.3 Å². The predicted octanol–water partition coefficient (Wildman–Crippen LogP) is 5.52. The maximum Gasteiger partial charge on any atom is 0.320 e. The summed E-state index contributed by atoms with van der Waals surface area (Å²) in [7, 11) is -4.54. The zero-order valence-electron chi connectivity index (χ0n) is 47.0. The predicted molar refractivity (Wildman–Crippen MR) is 301 cm³/mol. The summed E-state index contributed by atoms with van der Waals surface area (Å²) in [5, 5.41) is 74.2. The minimum atomic E-state index is -4.54. The number of carbonyl (C=O) groups is 8. The van der Waals surface area contributed by atoms with Crippen LogP contribution in [0.4, 0.5) is 11.4 Å². The molecule has 2 amide bonds. The van der Waals surface area contributed by atoms with Gasteiger partial charge in [0.15, 0.2) is 5.71 Å². The number of fused-ring (bicyclic) bond motifs is 2. The molecule has 2 unspecified atom stereocenters. The van der Waals surface area contributed by atoms with Crippen LogP contribution in [0.15, 0.2) is 70.1 Å². The smallest absolute Gasteiger partial charge is 0.320 e. The molecule has 2 aliphatic rings. The third-order valence-electron chi connectivity index (χ3n) is 14.5. The van der Waals surface area contributed by atoms with E-state index in [-0.39, 0.29) is 55.5 Å². The summed E-state index contributed by atoms with van der Waals surface area (Å²) in [6, 6.07) is 7.57. The van der Waals surface area contributed by atoms with Gasteiger partial charge < -0.3 is 46.2 Å². The minimum absolute atomic E-state index is 0.00684. The van der Waals surface area contributed by atoms with E-state index in [1.165, 1.54) is 12.1 Å². The molecule has 26 nitrogen and oxygen atoms in total. The molecule has 0 bridgehead atoms. The zero-order valence-corrected chi connectivity index (χ0v) is 48.6. The van der Waals surface area contributed by atoms with Crippen LogP contribution < -0.4 is 15.5 Å². The number of unbranched alkanes of at least 4 members (excludes halogenated alkanes) is 6. The fourth-order valence-corrected chi connectivity index (χ4v) is 11.4. The maximum absolute atomic E-state index is 12.8. The highest BCUT2D eigenvalue weighted by molar-refractivity contribution is 7.94. The second kappa shape index (κ2) is 32.3. The molecule has 458 valence electrons. The summed E-state index contributed by atoms with van der Waals surface area (Å²) in [6.45, 7) is 6.62. The Balaban J connectivity index is 1.43. The quantitative estimate of drug-likeness (QED) is 0.00980. The fraction of sp³-hybridized carbons (Fsp3) is 0.545. The molecule has 2 aliphatic heterocycles. The first-order valence-electron chi connectivity index (χ1n) is 27.2. The highest BCUT2D eigenvalue weighted by Crippen LogP contribution is 2.49. The lowest BCUT2D eigenvalue weighted by Crippen LogP contribution is -2.46. The van der Waals surface area contributed by atoms with Crippen LogP contribution in [0.1, 0.15) is 129 Å². The molecule has 0 spiro atoms. The highest BCUT2D eigenvalue weighted by Gasteiger charge is 2.45. The van der Waals surface area contributed by atoms with E-state index < -0.39 is 95.0 Å². The van der Waals surface area contributed by atoms with Gasteiger partial charge in [0.2, 0.25) is 17.5 Å². The Kier molecular flexibility index (Phi) is 26.8. The molecule has 2 heterocycles. The van der Waals surface area contributed by atoms with Crippen LogP contribution in [0, 0.1) is 0 Å². The standard InChI is InChI=1S/C55H76N6O20S2/c1-54(2)38-30-36(82-81-80-76)22-24-40(38)60(28-13-5-7-20-46(62)56-26-11-9-16-42(52(72)73)58(32-48(64)65)33-49(66)67)44(54)18-15-19-45-55(3,4)39-31-37(83(77,78)79)23-25-41(39)61(45)29-14-6-8-21-47(63)57-27-12-10-17-43(53(74)75)59(34-50(68)69)35-51(70)71/h15,18-19,22-25,30-31,42-43H,5-14,16-17,20-21,26-29,32-35H2,1-4H3,(H9-,56,57,62,63,64,65,66,67,68,69,70,71,72,73,74,75,76,77,78,79)/p+1. The lowest BCUT2D eigenvalue weighted by molar-refractivity contribution is -0.438. The Morgan fingerprint density at radius 3 is 1.66 bits per heavy atom. The van der Waals surface area contributed by atoms with Gasteiger partial charge in [0.25, 0.3) is 10.1 Å². The molecule has 10 N–H and O–H groups in total. The number of carboxylic acid groups (broad SMARTS) is 6. The van der Waals surface area contributed by atoms with Crippen LogP contribution in [-0.2, 0) is 68.7 Å². The van der Waals surface area contributed by atoms with Gasteiger partial charge in [-0.1, -0.05) is 31.4 Å². The monoisotopic (exact) mass is 1210 g/mol. The summed E-state index contributed by atoms with van der Waals surface area (Å²) < 4.78 is 41.7. The second-order valence-corrected chi connectivity index (χ2v) is 23.5. The largest absolute Gasteiger partial charge is 0.480 e. The first kappa shape index (κ1) is 68.7. The van der Waals surface area contributed by atoms with Crippen LogP contribution in [-0.4, -0.2) is 181 Å². The third-order valence-corrected chi connectivity index (χ3v) is 15.9. The zero-order chi connectivity index (χ0) is 61.7. The van der Waals surface area contributed by atoms with E-state index in [0.717, 1.165) is 50.2 Å². The van der Waals surface area contributed by atoms with Crippen molar-refractivity contribution in [3.8, 4) is 0 Å². The second-order valence-electron chi connectivity index (χ2n) is 21.3. The van der Waals surface area contributed by atoms with E-state index in [0.29, 0.717) is 87.8 Å². The number of nitrogens with zero attached hydrogens (tertiary/aromatic N) is 4. The third kappa shape index (κ3) is 20.8. The number of nitrogens with one attached hydrogen (secondary N) is 2. The SMILES string of the molecule is CC1(C)C(=CC=CC2=[N+](CCCCCC(=O)NCCCCC(C(=O)O)N(CC(=O)O)CC(=O)O)c3ccc(SOOO)cc3C2(C)C)N(CCCCCC(=O)NCCCCC(C(=O)O)N(CC(=O)O)CC(=O)O)c2ccc(S(=O)(=O)O)cc21. The van der Waals surface area contributed by atoms with Crippen LogP contribution >= 0.6 is 12.0 Å². The van der Waals surface area contributed by atoms with Gasteiger partial charge in [-0.25, -0.2) is 5.26 Å². The molecule has 0 fully saturated rings. The van der Waals surface area contributed by atoms with Crippen molar-refractivity contribution in [1.29, 1.82) is 0 Å². The fourth-order valence-electron chi connectivity index (χ4n) is 10.5. The van der Waals surface area contributed by atoms with Gasteiger partial charge in [0, 0.05) is 78.3 Å². The molecule has 2 atom stereocenters. The molecule has 0 saturated heterocycles. The number of carbonyl (C=O) groups excluding carboxylic acids is 2. The Labute approximate surface area is 485 Å². The average molecular weight is 1210 g/mol. The molecule has 0 aromatic heterocycles. The van der Waals surface area contributed by atoms with Crippen LogP contribution in [0.3, 0.4) is 0 Å². The summed E-state index contributed by atoms with van der Waals surface area (Å²) >= 11 is 0.832. The average Bonchev–Trinajstić information content (AvgIpc) is 1.76. The number of benzene rings is 2. The lowest BCUT2D eigenvalue weighted by atomic mass is 9.81. The van der Waals surface area contributed by atoms with E-state index in [4.69, 9.17) is 30.0 Å². The van der Waals surface area contributed by atoms with E-state index in [1.807, 2.05) is 50.3 Å². The van der Waals surface area contributed by atoms with Gasteiger partial charge >= 0.3 is 35.8 Å². The molecule has 2 aromatic rings. The van der Waals surface area contributed by atoms with Crippen LogP contribution in [0.2, 0.25) is 0 Å². The number of hydrogen-bond acceptors (Lipinski definition) is 17. The van der Waals surface area contributed by atoms with Crippen LogP contribution in [0.25, 0.3) is 0 Å². The number of rotatable bonds is 40. The van der Waals surface area contributed by atoms with Gasteiger partial charge in [-0.15, -0.1) is 4.33 Å². The summed E-state index contributed by atoms with van der Waals surface area (Å²) in [5.74, 6) is -8.52. The van der Waals surface area contributed by atoms with Crippen molar-refractivity contribution in [3.63, 3.8) is 0 Å². The molecule has 83 heavy (non-hydrogen) atoms. The molecule has 0 radical (unpaired) electrons. The summed E-state index contributed by atoms with van der Waals surface area (Å²) in [6.07, 6.45) is 11.5. The number of aliphatic carboxylic acids is 6. The first-order chi connectivity index (χ1) is 39.1. The number of hydrogen-bond donors (Lipinski definition) is 10. The Morgan fingerprint density at radius 2 is 1.18 bits per heavy atom. The Morgan fingerprint density at radius 1 is 0.663 bits per heavy atom. The maximum atomic E-state index is 12.8. The van der Waals surface area contributed by atoms with Gasteiger partial charge in [0.05, 0.1) is 48.5 Å². The number of allylic oxidation sites excluding steroid dienone is 4. The van der Waals surface area contributed by atoms with Gasteiger partial charge in [-0.05, 0) is 120 Å². The Hall–Kier alpha value is -6.79. The molecular formula is C55H77N6O20S2+. The van der Waals surface area contributed by atoms with E-state index in [2.05, 4.69) is 39.0 Å². The molecular weight excluding hydrogens is 1130 g/mol. The number of amides is 2. The van der Waals surface area contributed by atoms with Crippen molar-refractivity contribution in [2.24, 2.45) is 0 Å². The molecule has 0 aliphatic carbocycles. The summed E-state index contributed by atoms with van der Waals surface area (Å²) in [4.78, 5) is 98.5. The molecule has 4 rings (SSSR count). The number of anilines is 1. The molecule has 2 aromatic carbocycles. The topological polar surface area (TPSA) is 388 Å². The Bertz CT molecular complexity index is 2840. The van der Waals surface area contributed by atoms with Crippen molar-refractivity contribution in [1.82, 2.24) is 20.4 Å².